The van der Waals surface area contributed by atoms with E-state index in [1.165, 1.54) is 32.7 Å². The number of hydrogen-bond donors (Lipinski definition) is 1. The summed E-state index contributed by atoms with van der Waals surface area (Å²) in [5, 5.41) is 0. The summed E-state index contributed by atoms with van der Waals surface area (Å²) in [7, 11) is 2.20. The van der Waals surface area contributed by atoms with Crippen LogP contribution in [-0.2, 0) is 0 Å². The van der Waals surface area contributed by atoms with Crippen LogP contribution in [0.4, 0.5) is 0 Å². The van der Waals surface area contributed by atoms with E-state index in [0.717, 1.165) is 13.0 Å². The van der Waals surface area contributed by atoms with Gasteiger partial charge in [-0.25, -0.2) is 0 Å². The average molecular weight is 199 g/mol. The minimum absolute atomic E-state index is 0.380. The highest BCUT2D eigenvalue weighted by Gasteiger charge is 2.23. The molecule has 1 fully saturated rings. The Hall–Kier alpha value is -0.120. The molecule has 0 aromatic heterocycles. The highest BCUT2D eigenvalue weighted by atomic mass is 15.2. The lowest BCUT2D eigenvalue weighted by atomic mass is 9.88. The molecule has 1 aliphatic heterocycles. The van der Waals surface area contributed by atoms with Gasteiger partial charge in [-0.2, -0.15) is 0 Å². The first-order valence-electron chi connectivity index (χ1n) is 5.64. The Kier molecular flexibility index (Phi) is 4.35. The van der Waals surface area contributed by atoms with Crippen LogP contribution < -0.4 is 5.73 Å². The Morgan fingerprint density at radius 2 is 1.71 bits per heavy atom. The van der Waals surface area contributed by atoms with E-state index < -0.39 is 0 Å². The molecule has 0 bridgehead atoms. The Bertz CT molecular complexity index is 160. The van der Waals surface area contributed by atoms with Gasteiger partial charge in [0.1, 0.15) is 0 Å². The molecule has 0 amide bonds. The zero-order valence-electron chi connectivity index (χ0n) is 9.92. The summed E-state index contributed by atoms with van der Waals surface area (Å²) in [5.41, 5.74) is 5.99. The largest absolute Gasteiger partial charge is 0.330 e. The van der Waals surface area contributed by atoms with Gasteiger partial charge in [0, 0.05) is 32.7 Å². The van der Waals surface area contributed by atoms with E-state index in [9.17, 15) is 0 Å². The van der Waals surface area contributed by atoms with Gasteiger partial charge in [-0.1, -0.05) is 13.8 Å². The molecule has 0 atom stereocenters. The first kappa shape index (κ1) is 12.0. The quantitative estimate of drug-likeness (QED) is 0.720. The third kappa shape index (κ3) is 3.95. The summed E-state index contributed by atoms with van der Waals surface area (Å²) in [4.78, 5) is 4.96. The average Bonchev–Trinajstić information content (AvgIpc) is 2.08. The van der Waals surface area contributed by atoms with Gasteiger partial charge in [-0.3, -0.25) is 0 Å². The van der Waals surface area contributed by atoms with Crippen LogP contribution >= 0.6 is 0 Å². The van der Waals surface area contributed by atoms with Crippen LogP contribution in [-0.4, -0.2) is 56.1 Å². The topological polar surface area (TPSA) is 32.5 Å². The second-order valence-electron chi connectivity index (χ2n) is 5.28. The predicted molar refractivity (Wildman–Crippen MR) is 61.4 cm³/mol. The van der Waals surface area contributed by atoms with Crippen molar-refractivity contribution in [2.75, 3.05) is 46.3 Å². The highest BCUT2D eigenvalue weighted by Crippen LogP contribution is 2.21. The molecule has 0 aromatic carbocycles. The molecule has 3 heteroatoms. The number of nitrogens with zero attached hydrogens (tertiary/aromatic N) is 2. The molecule has 0 saturated carbocycles. The van der Waals surface area contributed by atoms with Crippen molar-refractivity contribution < 1.29 is 0 Å². The summed E-state index contributed by atoms with van der Waals surface area (Å²) >= 11 is 0. The normalized spacial score (nSPS) is 21.4. The van der Waals surface area contributed by atoms with Crippen molar-refractivity contribution in [3.05, 3.63) is 0 Å². The van der Waals surface area contributed by atoms with E-state index in [0.29, 0.717) is 5.41 Å². The number of rotatable bonds is 4. The zero-order valence-corrected chi connectivity index (χ0v) is 9.92. The van der Waals surface area contributed by atoms with Gasteiger partial charge in [-0.15, -0.1) is 0 Å². The number of piperazine rings is 1. The van der Waals surface area contributed by atoms with Crippen molar-refractivity contribution in [3.8, 4) is 0 Å². The van der Waals surface area contributed by atoms with Gasteiger partial charge >= 0.3 is 0 Å². The number of likely N-dealkylation sites (N-methyl/N-ethyl adjacent to an activating group) is 1. The van der Waals surface area contributed by atoms with E-state index in [4.69, 9.17) is 5.73 Å². The van der Waals surface area contributed by atoms with Crippen molar-refractivity contribution in [1.82, 2.24) is 9.80 Å². The fourth-order valence-electron chi connectivity index (χ4n) is 2.08. The lowest BCUT2D eigenvalue weighted by molar-refractivity contribution is 0.108. The van der Waals surface area contributed by atoms with E-state index in [-0.39, 0.29) is 0 Å². The molecule has 1 aliphatic rings. The Morgan fingerprint density at radius 3 is 2.21 bits per heavy atom. The van der Waals surface area contributed by atoms with Gasteiger partial charge in [0.2, 0.25) is 0 Å². The van der Waals surface area contributed by atoms with Crippen molar-refractivity contribution >= 4 is 0 Å². The van der Waals surface area contributed by atoms with Crippen molar-refractivity contribution in [3.63, 3.8) is 0 Å². The molecule has 0 radical (unpaired) electrons. The fourth-order valence-corrected chi connectivity index (χ4v) is 2.08. The molecule has 0 unspecified atom stereocenters. The summed E-state index contributed by atoms with van der Waals surface area (Å²) in [6, 6.07) is 0. The van der Waals surface area contributed by atoms with Gasteiger partial charge in [0.05, 0.1) is 0 Å². The third-order valence-electron chi connectivity index (χ3n) is 3.07. The molecule has 2 N–H and O–H groups in total. The smallest absolute Gasteiger partial charge is 0.0110 e. The maximum absolute atomic E-state index is 5.62. The maximum Gasteiger partial charge on any atom is 0.0110 e. The molecule has 0 aromatic rings. The molecule has 1 rings (SSSR count). The summed E-state index contributed by atoms with van der Waals surface area (Å²) in [6.45, 7) is 11.5. The first-order chi connectivity index (χ1) is 6.53. The second-order valence-corrected chi connectivity index (χ2v) is 5.28. The number of hydrogen-bond acceptors (Lipinski definition) is 3. The fraction of sp³-hybridized carbons (Fsp3) is 1.00. The lowest BCUT2D eigenvalue weighted by Crippen LogP contribution is -2.47. The summed E-state index contributed by atoms with van der Waals surface area (Å²) in [6.07, 6.45) is 1.12. The Morgan fingerprint density at radius 1 is 1.14 bits per heavy atom. The maximum atomic E-state index is 5.62. The van der Waals surface area contributed by atoms with Crippen molar-refractivity contribution in [2.24, 2.45) is 11.1 Å². The van der Waals surface area contributed by atoms with E-state index in [2.05, 4.69) is 30.7 Å². The zero-order chi connectivity index (χ0) is 10.6. The van der Waals surface area contributed by atoms with Crippen molar-refractivity contribution in [1.29, 1.82) is 0 Å². The molecule has 3 nitrogen and oxygen atoms in total. The molecule has 1 heterocycles. The van der Waals surface area contributed by atoms with Crippen LogP contribution in [0.25, 0.3) is 0 Å². The van der Waals surface area contributed by atoms with Gasteiger partial charge < -0.3 is 15.5 Å². The Balaban J connectivity index is 2.29. The SMILES string of the molecule is CN1CCN(CC(C)(C)CCN)CC1. The van der Waals surface area contributed by atoms with E-state index in [1.807, 2.05) is 0 Å². The molecule has 0 aliphatic carbocycles. The van der Waals surface area contributed by atoms with Crippen molar-refractivity contribution in [2.45, 2.75) is 20.3 Å². The van der Waals surface area contributed by atoms with Gasteiger partial charge in [-0.05, 0) is 25.4 Å². The molecule has 14 heavy (non-hydrogen) atoms. The monoisotopic (exact) mass is 199 g/mol. The minimum Gasteiger partial charge on any atom is -0.330 e. The summed E-state index contributed by atoms with van der Waals surface area (Å²) < 4.78 is 0. The highest BCUT2D eigenvalue weighted by molar-refractivity contribution is 4.77. The first-order valence-corrected chi connectivity index (χ1v) is 5.64. The van der Waals surface area contributed by atoms with Crippen LogP contribution in [0.5, 0.6) is 0 Å². The summed E-state index contributed by atoms with van der Waals surface area (Å²) in [5.74, 6) is 0. The van der Waals surface area contributed by atoms with Crippen LogP contribution in [0.3, 0.4) is 0 Å². The van der Waals surface area contributed by atoms with Crippen LogP contribution in [0.1, 0.15) is 20.3 Å². The predicted octanol–water partition coefficient (Wildman–Crippen LogP) is 0.609. The van der Waals surface area contributed by atoms with Crippen LogP contribution in [0, 0.1) is 5.41 Å². The van der Waals surface area contributed by atoms with Gasteiger partial charge in [0.25, 0.3) is 0 Å². The molecule has 84 valence electrons. The standard InChI is InChI=1S/C11H25N3/c1-11(2,4-5-12)10-14-8-6-13(3)7-9-14/h4-10,12H2,1-3H3. The molecular formula is C11H25N3. The van der Waals surface area contributed by atoms with Crippen LogP contribution in [0.15, 0.2) is 0 Å². The molecule has 1 saturated heterocycles. The molecule has 0 spiro atoms. The lowest BCUT2D eigenvalue weighted by Gasteiger charge is -2.37. The van der Waals surface area contributed by atoms with E-state index in [1.54, 1.807) is 0 Å². The second kappa shape index (κ2) is 5.10. The van der Waals surface area contributed by atoms with Crippen LogP contribution in [0.2, 0.25) is 0 Å². The third-order valence-corrected chi connectivity index (χ3v) is 3.07. The molecular weight excluding hydrogens is 174 g/mol. The minimum atomic E-state index is 0.380. The van der Waals surface area contributed by atoms with E-state index >= 15 is 0 Å². The Labute approximate surface area is 88.2 Å². The van der Waals surface area contributed by atoms with Gasteiger partial charge in [0.15, 0.2) is 0 Å². The number of nitrogens with two attached hydrogens (primary N) is 1.